The third kappa shape index (κ3) is 1.94. The fourth-order valence-electron chi connectivity index (χ4n) is 1.66. The van der Waals surface area contributed by atoms with E-state index in [0.717, 1.165) is 25.7 Å². The summed E-state index contributed by atoms with van der Waals surface area (Å²) in [4.78, 5) is 2.57. The van der Waals surface area contributed by atoms with Gasteiger partial charge in [-0.05, 0) is 25.7 Å². The molecule has 2 aliphatic rings. The predicted molar refractivity (Wildman–Crippen MR) is 44.6 cm³/mol. The fraction of sp³-hybridized carbons (Fsp3) is 1.00. The molecule has 0 N–H and O–H groups in total. The molecule has 0 unspecified atom stereocenters. The summed E-state index contributed by atoms with van der Waals surface area (Å²) in [7, 11) is 0. The number of rotatable bonds is 2. The fourth-order valence-corrected chi connectivity index (χ4v) is 1.66. The Morgan fingerprint density at radius 1 is 1.45 bits per heavy atom. The Hall–Kier alpha value is -0.0800. The van der Waals surface area contributed by atoms with Gasteiger partial charge in [0.2, 0.25) is 0 Å². The molecule has 2 rings (SSSR count). The molecule has 11 heavy (non-hydrogen) atoms. The predicted octanol–water partition coefficient (Wildman–Crippen LogP) is 1.12. The lowest BCUT2D eigenvalue weighted by Crippen LogP contribution is -2.44. The zero-order chi connectivity index (χ0) is 7.68. The Morgan fingerprint density at radius 3 is 2.91 bits per heavy atom. The van der Waals surface area contributed by atoms with E-state index in [-0.39, 0.29) is 0 Å². The van der Waals surface area contributed by atoms with Gasteiger partial charge < -0.3 is 4.74 Å². The summed E-state index contributed by atoms with van der Waals surface area (Å²) in [6, 6.07) is 0.657. The third-order valence-electron chi connectivity index (χ3n) is 2.69. The van der Waals surface area contributed by atoms with Crippen LogP contribution >= 0.6 is 0 Å². The van der Waals surface area contributed by atoms with Crippen LogP contribution in [0.2, 0.25) is 0 Å². The third-order valence-corrected chi connectivity index (χ3v) is 2.69. The van der Waals surface area contributed by atoms with Crippen molar-refractivity contribution in [1.82, 2.24) is 4.90 Å². The van der Waals surface area contributed by atoms with Crippen LogP contribution in [0.4, 0.5) is 0 Å². The zero-order valence-electron chi connectivity index (χ0n) is 7.25. The lowest BCUT2D eigenvalue weighted by Gasteiger charge is -2.33. The van der Waals surface area contributed by atoms with Crippen molar-refractivity contribution in [3.63, 3.8) is 0 Å². The van der Waals surface area contributed by atoms with Gasteiger partial charge in [-0.3, -0.25) is 4.90 Å². The molecule has 0 aromatic carbocycles. The lowest BCUT2D eigenvalue weighted by molar-refractivity contribution is -0.00230. The van der Waals surface area contributed by atoms with Gasteiger partial charge in [0.05, 0.1) is 13.2 Å². The number of nitrogens with zero attached hydrogens (tertiary/aromatic N) is 1. The second-order valence-electron chi connectivity index (χ2n) is 3.86. The minimum atomic E-state index is 0.657. The zero-order valence-corrected chi connectivity index (χ0v) is 7.25. The van der Waals surface area contributed by atoms with Crippen LogP contribution < -0.4 is 0 Å². The Bertz CT molecular complexity index is 134. The SMILES string of the molecule is C[C@@H]1COCCN1CC1CC1. The monoisotopic (exact) mass is 155 g/mol. The van der Waals surface area contributed by atoms with Crippen molar-refractivity contribution in [2.45, 2.75) is 25.8 Å². The first-order valence-electron chi connectivity index (χ1n) is 4.68. The molecule has 0 radical (unpaired) electrons. The molecule has 0 bridgehead atoms. The van der Waals surface area contributed by atoms with E-state index in [1.807, 2.05) is 0 Å². The van der Waals surface area contributed by atoms with E-state index in [2.05, 4.69) is 11.8 Å². The van der Waals surface area contributed by atoms with Gasteiger partial charge in [0, 0.05) is 19.1 Å². The summed E-state index contributed by atoms with van der Waals surface area (Å²) in [5, 5.41) is 0. The molecular formula is C9H17NO. The van der Waals surface area contributed by atoms with Crippen LogP contribution in [0.5, 0.6) is 0 Å². The molecular weight excluding hydrogens is 138 g/mol. The Kier molecular flexibility index (Phi) is 2.14. The van der Waals surface area contributed by atoms with Gasteiger partial charge in [-0.1, -0.05) is 0 Å². The number of ether oxygens (including phenoxy) is 1. The van der Waals surface area contributed by atoms with E-state index in [9.17, 15) is 0 Å². The minimum Gasteiger partial charge on any atom is -0.379 e. The molecule has 0 aromatic rings. The molecule has 2 nitrogen and oxygen atoms in total. The van der Waals surface area contributed by atoms with Crippen LogP contribution in [0.15, 0.2) is 0 Å². The van der Waals surface area contributed by atoms with E-state index < -0.39 is 0 Å². The van der Waals surface area contributed by atoms with E-state index in [0.29, 0.717) is 6.04 Å². The van der Waals surface area contributed by atoms with E-state index >= 15 is 0 Å². The van der Waals surface area contributed by atoms with Crippen molar-refractivity contribution >= 4 is 0 Å². The van der Waals surface area contributed by atoms with Crippen molar-refractivity contribution in [3.05, 3.63) is 0 Å². The van der Waals surface area contributed by atoms with E-state index in [4.69, 9.17) is 4.74 Å². The topological polar surface area (TPSA) is 12.5 Å². The highest BCUT2D eigenvalue weighted by Gasteiger charge is 2.27. The standard InChI is InChI=1S/C9H17NO/c1-8-7-11-5-4-10(8)6-9-2-3-9/h8-9H,2-7H2,1H3/t8-/m1/s1. The maximum atomic E-state index is 5.37. The largest absolute Gasteiger partial charge is 0.379 e. The van der Waals surface area contributed by atoms with Gasteiger partial charge in [-0.2, -0.15) is 0 Å². The average Bonchev–Trinajstić information content (AvgIpc) is 2.78. The van der Waals surface area contributed by atoms with Gasteiger partial charge in [0.1, 0.15) is 0 Å². The van der Waals surface area contributed by atoms with Crippen LogP contribution in [0.1, 0.15) is 19.8 Å². The molecule has 0 aromatic heterocycles. The van der Waals surface area contributed by atoms with Crippen molar-refractivity contribution in [2.75, 3.05) is 26.3 Å². The number of hydrogen-bond donors (Lipinski definition) is 0. The first kappa shape index (κ1) is 7.56. The van der Waals surface area contributed by atoms with Gasteiger partial charge in [0.25, 0.3) is 0 Å². The summed E-state index contributed by atoms with van der Waals surface area (Å²) in [6.45, 7) is 6.62. The normalized spacial score (nSPS) is 34.1. The first-order chi connectivity index (χ1) is 5.36. The maximum Gasteiger partial charge on any atom is 0.0619 e. The maximum absolute atomic E-state index is 5.37. The molecule has 1 atom stereocenters. The molecule has 1 heterocycles. The van der Waals surface area contributed by atoms with E-state index in [1.165, 1.54) is 19.4 Å². The van der Waals surface area contributed by atoms with Crippen molar-refractivity contribution in [1.29, 1.82) is 0 Å². The molecule has 1 aliphatic heterocycles. The highest BCUT2D eigenvalue weighted by atomic mass is 16.5. The molecule has 2 heteroatoms. The van der Waals surface area contributed by atoms with Gasteiger partial charge in [-0.25, -0.2) is 0 Å². The van der Waals surface area contributed by atoms with Crippen LogP contribution in [-0.4, -0.2) is 37.2 Å². The summed E-state index contributed by atoms with van der Waals surface area (Å²) in [6.07, 6.45) is 2.92. The number of morpholine rings is 1. The van der Waals surface area contributed by atoms with E-state index in [1.54, 1.807) is 0 Å². The average molecular weight is 155 g/mol. The second kappa shape index (κ2) is 3.11. The lowest BCUT2D eigenvalue weighted by atomic mass is 10.2. The summed E-state index contributed by atoms with van der Waals surface area (Å²) < 4.78 is 5.37. The molecule has 1 saturated heterocycles. The van der Waals surface area contributed by atoms with Crippen molar-refractivity contribution < 1.29 is 4.74 Å². The Morgan fingerprint density at radius 2 is 2.27 bits per heavy atom. The van der Waals surface area contributed by atoms with Crippen molar-refractivity contribution in [2.24, 2.45) is 5.92 Å². The molecule has 1 aliphatic carbocycles. The van der Waals surface area contributed by atoms with Gasteiger partial charge >= 0.3 is 0 Å². The second-order valence-corrected chi connectivity index (χ2v) is 3.86. The molecule has 0 amide bonds. The van der Waals surface area contributed by atoms with Crippen LogP contribution in [0, 0.1) is 5.92 Å². The van der Waals surface area contributed by atoms with Crippen molar-refractivity contribution in [3.8, 4) is 0 Å². The summed E-state index contributed by atoms with van der Waals surface area (Å²) in [5.74, 6) is 1.02. The van der Waals surface area contributed by atoms with Gasteiger partial charge in [-0.15, -0.1) is 0 Å². The Balaban J connectivity index is 1.78. The highest BCUT2D eigenvalue weighted by molar-refractivity contribution is 4.80. The molecule has 64 valence electrons. The van der Waals surface area contributed by atoms with Crippen LogP contribution in [-0.2, 0) is 4.74 Å². The Labute approximate surface area is 68.5 Å². The van der Waals surface area contributed by atoms with Crippen LogP contribution in [0.3, 0.4) is 0 Å². The summed E-state index contributed by atoms with van der Waals surface area (Å²) >= 11 is 0. The summed E-state index contributed by atoms with van der Waals surface area (Å²) in [5.41, 5.74) is 0. The highest BCUT2D eigenvalue weighted by Crippen LogP contribution is 2.30. The quantitative estimate of drug-likeness (QED) is 0.592. The van der Waals surface area contributed by atoms with Crippen LogP contribution in [0.25, 0.3) is 0 Å². The molecule has 1 saturated carbocycles. The smallest absolute Gasteiger partial charge is 0.0619 e. The molecule has 0 spiro atoms. The molecule has 2 fully saturated rings. The minimum absolute atomic E-state index is 0.657. The first-order valence-corrected chi connectivity index (χ1v) is 4.68. The number of hydrogen-bond acceptors (Lipinski definition) is 2. The van der Waals surface area contributed by atoms with Gasteiger partial charge in [0.15, 0.2) is 0 Å².